The molecule has 1 heterocycles. The van der Waals surface area contributed by atoms with Crippen LogP contribution in [0.5, 0.6) is 0 Å². The number of hydrogen-bond acceptors (Lipinski definition) is 2. The van der Waals surface area contributed by atoms with E-state index in [1.54, 1.807) is 12.5 Å². The van der Waals surface area contributed by atoms with E-state index in [1.807, 2.05) is 34.9 Å². The number of para-hydroxylation sites is 2. The van der Waals surface area contributed by atoms with Crippen LogP contribution in [0.3, 0.4) is 0 Å². The molecule has 0 N–H and O–H groups in total. The third-order valence-electron chi connectivity index (χ3n) is 1.84. The summed E-state index contributed by atoms with van der Waals surface area (Å²) in [5.41, 5.74) is 1.90. The molecule has 0 amide bonds. The van der Waals surface area contributed by atoms with Crippen LogP contribution in [0.1, 0.15) is 0 Å². The zero-order chi connectivity index (χ0) is 9.97. The van der Waals surface area contributed by atoms with E-state index in [9.17, 15) is 0 Å². The normalized spacial score (nSPS) is 11.6. The summed E-state index contributed by atoms with van der Waals surface area (Å²) in [6, 6.07) is 9.75. The van der Waals surface area contributed by atoms with Crippen molar-refractivity contribution in [3.05, 3.63) is 35.1 Å². The Balaban J connectivity index is 2.60. The maximum Gasteiger partial charge on any atom is 0.111 e. The monoisotopic (exact) mass is 247 g/mol. The molecule has 2 rings (SSSR count). The Morgan fingerprint density at radius 1 is 1.50 bits per heavy atom. The Kier molecular flexibility index (Phi) is 2.33. The smallest absolute Gasteiger partial charge is 0.111 e. The summed E-state index contributed by atoms with van der Waals surface area (Å²) in [5, 5.41) is 8.61. The molecule has 0 radical (unpaired) electrons. The average molecular weight is 248 g/mol. The second-order valence-corrected chi connectivity index (χ2v) is 3.58. The topological polar surface area (TPSA) is 41.6 Å². The number of benzene rings is 1. The minimum Gasteiger partial charge on any atom is -0.304 e. The van der Waals surface area contributed by atoms with Gasteiger partial charge in [0.2, 0.25) is 0 Å². The van der Waals surface area contributed by atoms with Gasteiger partial charge in [0.1, 0.15) is 10.6 Å². The number of rotatable bonds is 1. The molecular weight excluding hydrogens is 242 g/mol. The van der Waals surface area contributed by atoms with E-state index in [2.05, 4.69) is 20.9 Å². The van der Waals surface area contributed by atoms with Gasteiger partial charge in [-0.2, -0.15) is 5.26 Å². The van der Waals surface area contributed by atoms with Crippen LogP contribution in [0.2, 0.25) is 0 Å². The number of imidazole rings is 1. The Labute approximate surface area is 89.4 Å². The van der Waals surface area contributed by atoms with Crippen LogP contribution >= 0.6 is 15.9 Å². The van der Waals surface area contributed by atoms with Gasteiger partial charge in [-0.25, -0.2) is 4.98 Å². The minimum atomic E-state index is 0.473. The van der Waals surface area contributed by atoms with E-state index >= 15 is 0 Å². The fourth-order valence-corrected chi connectivity index (χ4v) is 1.45. The molecular formula is C10H6BrN3. The van der Waals surface area contributed by atoms with E-state index in [0.29, 0.717) is 4.48 Å². The molecule has 0 aliphatic carbocycles. The van der Waals surface area contributed by atoms with Crippen LogP contribution in [0.25, 0.3) is 17.2 Å². The summed E-state index contributed by atoms with van der Waals surface area (Å²) in [5.74, 6) is 0. The van der Waals surface area contributed by atoms with Crippen molar-refractivity contribution in [2.45, 2.75) is 0 Å². The lowest BCUT2D eigenvalue weighted by molar-refractivity contribution is 1.17. The van der Waals surface area contributed by atoms with Gasteiger partial charge in [0, 0.05) is 6.20 Å². The Morgan fingerprint density at radius 3 is 3.07 bits per heavy atom. The molecule has 0 bridgehead atoms. The number of allylic oxidation sites excluding steroid dienone is 1. The van der Waals surface area contributed by atoms with Crippen LogP contribution in [0.4, 0.5) is 0 Å². The largest absolute Gasteiger partial charge is 0.304 e. The number of nitrogens with zero attached hydrogens (tertiary/aromatic N) is 3. The molecule has 1 aromatic carbocycles. The van der Waals surface area contributed by atoms with Crippen molar-refractivity contribution in [3.63, 3.8) is 0 Å². The summed E-state index contributed by atoms with van der Waals surface area (Å²) in [7, 11) is 0. The van der Waals surface area contributed by atoms with Gasteiger partial charge in [0.25, 0.3) is 0 Å². The zero-order valence-corrected chi connectivity index (χ0v) is 8.77. The molecule has 3 nitrogen and oxygen atoms in total. The second kappa shape index (κ2) is 3.64. The number of nitriles is 1. The SMILES string of the molecule is N#C/C(Br)=C/n1cnc2ccccc21. The van der Waals surface area contributed by atoms with Gasteiger partial charge in [-0.15, -0.1) is 0 Å². The molecule has 0 aliphatic heterocycles. The number of fused-ring (bicyclic) bond motifs is 1. The summed E-state index contributed by atoms with van der Waals surface area (Å²) >= 11 is 3.14. The lowest BCUT2D eigenvalue weighted by Gasteiger charge is -1.94. The van der Waals surface area contributed by atoms with Gasteiger partial charge in [-0.05, 0) is 28.1 Å². The Hall–Kier alpha value is -1.60. The molecule has 0 saturated heterocycles. The first kappa shape index (κ1) is 8.97. The van der Waals surface area contributed by atoms with Crippen LogP contribution in [0.15, 0.2) is 35.1 Å². The highest BCUT2D eigenvalue weighted by Gasteiger charge is 1.98. The fraction of sp³-hybridized carbons (Fsp3) is 0. The summed E-state index contributed by atoms with van der Waals surface area (Å²) in [6.07, 6.45) is 3.37. The van der Waals surface area contributed by atoms with Gasteiger partial charge < -0.3 is 4.57 Å². The number of hydrogen-bond donors (Lipinski definition) is 0. The summed E-state index contributed by atoms with van der Waals surface area (Å²) < 4.78 is 2.28. The minimum absolute atomic E-state index is 0.473. The standard InChI is InChI=1S/C10H6BrN3/c11-8(5-12)6-14-7-13-9-3-1-2-4-10(9)14/h1-4,6-7H/b8-6-. The second-order valence-electron chi connectivity index (χ2n) is 2.73. The highest BCUT2D eigenvalue weighted by molar-refractivity contribution is 9.12. The van der Waals surface area contributed by atoms with Gasteiger partial charge in [0.15, 0.2) is 0 Å². The fourth-order valence-electron chi connectivity index (χ4n) is 1.23. The van der Waals surface area contributed by atoms with Gasteiger partial charge in [-0.1, -0.05) is 12.1 Å². The highest BCUT2D eigenvalue weighted by atomic mass is 79.9. The van der Waals surface area contributed by atoms with Crippen molar-refractivity contribution in [3.8, 4) is 6.07 Å². The molecule has 1 aromatic heterocycles. The highest BCUT2D eigenvalue weighted by Crippen LogP contribution is 2.14. The van der Waals surface area contributed by atoms with Crippen LogP contribution in [0, 0.1) is 11.3 Å². The predicted molar refractivity (Wildman–Crippen MR) is 58.5 cm³/mol. The van der Waals surface area contributed by atoms with Gasteiger partial charge in [0.05, 0.1) is 17.4 Å². The van der Waals surface area contributed by atoms with E-state index in [0.717, 1.165) is 11.0 Å². The van der Waals surface area contributed by atoms with Crippen molar-refractivity contribution >= 4 is 33.2 Å². The van der Waals surface area contributed by atoms with Crippen molar-refractivity contribution < 1.29 is 0 Å². The average Bonchev–Trinajstić information content (AvgIpc) is 2.62. The van der Waals surface area contributed by atoms with Crippen LogP contribution < -0.4 is 0 Å². The number of halogens is 1. The molecule has 0 unspecified atom stereocenters. The first-order chi connectivity index (χ1) is 6.81. The zero-order valence-electron chi connectivity index (χ0n) is 7.18. The Bertz CT molecular complexity index is 534. The molecule has 0 atom stereocenters. The van der Waals surface area contributed by atoms with Crippen LogP contribution in [-0.2, 0) is 0 Å². The van der Waals surface area contributed by atoms with Gasteiger partial charge >= 0.3 is 0 Å². The molecule has 4 heteroatoms. The molecule has 14 heavy (non-hydrogen) atoms. The van der Waals surface area contributed by atoms with E-state index in [-0.39, 0.29) is 0 Å². The maximum absolute atomic E-state index is 8.61. The first-order valence-corrected chi connectivity index (χ1v) is 4.79. The van der Waals surface area contributed by atoms with Crippen molar-refractivity contribution in [2.24, 2.45) is 0 Å². The van der Waals surface area contributed by atoms with Gasteiger partial charge in [-0.3, -0.25) is 0 Å². The number of aromatic nitrogens is 2. The van der Waals surface area contributed by atoms with E-state index in [1.165, 1.54) is 0 Å². The van der Waals surface area contributed by atoms with E-state index < -0.39 is 0 Å². The predicted octanol–water partition coefficient (Wildman–Crippen LogP) is 2.75. The first-order valence-electron chi connectivity index (χ1n) is 4.00. The third-order valence-corrected chi connectivity index (χ3v) is 2.22. The molecule has 2 aromatic rings. The van der Waals surface area contributed by atoms with E-state index in [4.69, 9.17) is 5.26 Å². The molecule has 0 aliphatic rings. The molecule has 0 spiro atoms. The lowest BCUT2D eigenvalue weighted by Crippen LogP contribution is -1.82. The molecule has 0 fully saturated rings. The summed E-state index contributed by atoms with van der Waals surface area (Å²) in [4.78, 5) is 4.19. The Morgan fingerprint density at radius 2 is 2.29 bits per heavy atom. The van der Waals surface area contributed by atoms with Crippen molar-refractivity contribution in [1.29, 1.82) is 5.26 Å². The van der Waals surface area contributed by atoms with Crippen molar-refractivity contribution in [2.75, 3.05) is 0 Å². The van der Waals surface area contributed by atoms with Crippen molar-refractivity contribution in [1.82, 2.24) is 9.55 Å². The maximum atomic E-state index is 8.61. The molecule has 68 valence electrons. The van der Waals surface area contributed by atoms with Crippen LogP contribution in [-0.4, -0.2) is 9.55 Å². The quantitative estimate of drug-likeness (QED) is 0.728. The molecule has 0 saturated carbocycles. The lowest BCUT2D eigenvalue weighted by atomic mass is 10.3. The third kappa shape index (κ3) is 1.54. The summed E-state index contributed by atoms with van der Waals surface area (Å²) in [6.45, 7) is 0.